The summed E-state index contributed by atoms with van der Waals surface area (Å²) in [5.41, 5.74) is 7.34. The molecule has 1 aromatic heterocycles. The molecule has 0 saturated carbocycles. The number of nitrogens with zero attached hydrogens (tertiary/aromatic N) is 3. The zero-order valence-corrected chi connectivity index (χ0v) is 9.89. The minimum Gasteiger partial charge on any atom is -0.394 e. The highest BCUT2D eigenvalue weighted by Crippen LogP contribution is 2.15. The Balaban J connectivity index is 2.93. The fourth-order valence-corrected chi connectivity index (χ4v) is 1.64. The van der Waals surface area contributed by atoms with Crippen molar-refractivity contribution >= 4 is 0 Å². The number of rotatable bonds is 7. The highest BCUT2D eigenvalue weighted by atomic mass is 16.5. The molecular weight excluding hydrogens is 208 g/mol. The number of nitrogens with two attached hydrogens (primary N) is 1. The number of aromatic nitrogens is 3. The van der Waals surface area contributed by atoms with E-state index >= 15 is 0 Å². The van der Waals surface area contributed by atoms with Crippen molar-refractivity contribution in [1.82, 2.24) is 15.0 Å². The minimum absolute atomic E-state index is 0.0281. The smallest absolute Gasteiger partial charge is 0.0995 e. The lowest BCUT2D eigenvalue weighted by Crippen LogP contribution is -2.18. The van der Waals surface area contributed by atoms with Crippen molar-refractivity contribution in [3.8, 4) is 0 Å². The number of aliphatic hydroxyl groups is 1. The average Bonchev–Trinajstić information content (AvgIpc) is 2.71. The van der Waals surface area contributed by atoms with Gasteiger partial charge in [-0.05, 0) is 6.42 Å². The SMILES string of the molecule is CCC(CO)n1nnc(CN)c1CCOC. The second-order valence-corrected chi connectivity index (χ2v) is 3.62. The third kappa shape index (κ3) is 2.78. The summed E-state index contributed by atoms with van der Waals surface area (Å²) in [6, 6.07) is -0.0281. The monoisotopic (exact) mass is 228 g/mol. The molecule has 0 radical (unpaired) electrons. The Kier molecular flexibility index (Phi) is 5.37. The predicted octanol–water partition coefficient (Wildman–Crippen LogP) is -0.131. The van der Waals surface area contributed by atoms with Crippen LogP contribution in [0.1, 0.15) is 30.8 Å². The second-order valence-electron chi connectivity index (χ2n) is 3.62. The van der Waals surface area contributed by atoms with Gasteiger partial charge in [0.05, 0.1) is 30.6 Å². The van der Waals surface area contributed by atoms with E-state index in [1.165, 1.54) is 0 Å². The Morgan fingerprint density at radius 1 is 1.56 bits per heavy atom. The highest BCUT2D eigenvalue weighted by Gasteiger charge is 2.17. The van der Waals surface area contributed by atoms with Crippen LogP contribution in [0, 0.1) is 0 Å². The molecule has 0 aliphatic rings. The first-order valence-electron chi connectivity index (χ1n) is 5.51. The normalized spacial score (nSPS) is 13.0. The Morgan fingerprint density at radius 2 is 2.31 bits per heavy atom. The molecular formula is C10H20N4O2. The highest BCUT2D eigenvalue weighted by molar-refractivity contribution is 5.11. The summed E-state index contributed by atoms with van der Waals surface area (Å²) in [7, 11) is 1.65. The minimum atomic E-state index is -0.0281. The van der Waals surface area contributed by atoms with Gasteiger partial charge in [0.2, 0.25) is 0 Å². The molecule has 0 amide bonds. The van der Waals surface area contributed by atoms with Gasteiger partial charge in [-0.15, -0.1) is 5.10 Å². The van der Waals surface area contributed by atoms with Crippen LogP contribution >= 0.6 is 0 Å². The standard InChI is InChI=1S/C10H20N4O2/c1-3-8(7-15)14-10(4-5-16-2)9(6-11)12-13-14/h8,15H,3-7,11H2,1-2H3. The quantitative estimate of drug-likeness (QED) is 0.679. The molecule has 0 aliphatic heterocycles. The van der Waals surface area contributed by atoms with E-state index in [-0.39, 0.29) is 12.6 Å². The fraction of sp³-hybridized carbons (Fsp3) is 0.800. The first-order chi connectivity index (χ1) is 7.78. The van der Waals surface area contributed by atoms with Gasteiger partial charge in [0.15, 0.2) is 0 Å². The molecule has 92 valence electrons. The molecule has 6 heteroatoms. The number of hydrogen-bond acceptors (Lipinski definition) is 5. The molecule has 0 bridgehead atoms. The van der Waals surface area contributed by atoms with Crippen LogP contribution in [0.4, 0.5) is 0 Å². The van der Waals surface area contributed by atoms with Crippen LogP contribution in [0.3, 0.4) is 0 Å². The zero-order chi connectivity index (χ0) is 12.0. The van der Waals surface area contributed by atoms with Gasteiger partial charge in [-0.1, -0.05) is 12.1 Å². The Morgan fingerprint density at radius 3 is 2.81 bits per heavy atom. The molecule has 1 rings (SSSR count). The van der Waals surface area contributed by atoms with Crippen LogP contribution in [0.5, 0.6) is 0 Å². The van der Waals surface area contributed by atoms with Crippen molar-refractivity contribution in [2.75, 3.05) is 20.3 Å². The van der Waals surface area contributed by atoms with Crippen LogP contribution in [0.25, 0.3) is 0 Å². The number of methoxy groups -OCH3 is 1. The van der Waals surface area contributed by atoms with Crippen molar-refractivity contribution < 1.29 is 9.84 Å². The maximum atomic E-state index is 9.26. The number of aliphatic hydroxyl groups excluding tert-OH is 1. The molecule has 1 atom stereocenters. The first-order valence-corrected chi connectivity index (χ1v) is 5.51. The molecule has 0 saturated heterocycles. The maximum Gasteiger partial charge on any atom is 0.0995 e. The van der Waals surface area contributed by atoms with Crippen LogP contribution in [0.2, 0.25) is 0 Å². The van der Waals surface area contributed by atoms with Crippen molar-refractivity contribution in [2.24, 2.45) is 5.73 Å². The maximum absolute atomic E-state index is 9.26. The number of ether oxygens (including phenoxy) is 1. The first kappa shape index (κ1) is 13.1. The topological polar surface area (TPSA) is 86.2 Å². The Labute approximate surface area is 95.4 Å². The Hall–Kier alpha value is -0.980. The molecule has 1 heterocycles. The zero-order valence-electron chi connectivity index (χ0n) is 9.89. The van der Waals surface area contributed by atoms with Crippen LogP contribution in [-0.2, 0) is 17.7 Å². The summed E-state index contributed by atoms with van der Waals surface area (Å²) in [5.74, 6) is 0. The van der Waals surface area contributed by atoms with E-state index < -0.39 is 0 Å². The van der Waals surface area contributed by atoms with E-state index in [9.17, 15) is 5.11 Å². The molecule has 6 nitrogen and oxygen atoms in total. The molecule has 3 N–H and O–H groups in total. The van der Waals surface area contributed by atoms with Gasteiger partial charge in [0.1, 0.15) is 0 Å². The second kappa shape index (κ2) is 6.57. The van der Waals surface area contributed by atoms with Gasteiger partial charge in [-0.3, -0.25) is 0 Å². The molecule has 0 fully saturated rings. The van der Waals surface area contributed by atoms with Crippen molar-refractivity contribution in [3.63, 3.8) is 0 Å². The summed E-state index contributed by atoms with van der Waals surface area (Å²) < 4.78 is 6.81. The van der Waals surface area contributed by atoms with Crippen molar-refractivity contribution in [2.45, 2.75) is 32.4 Å². The molecule has 1 aromatic rings. The summed E-state index contributed by atoms with van der Waals surface area (Å²) in [4.78, 5) is 0. The lowest BCUT2D eigenvalue weighted by Gasteiger charge is -2.15. The van der Waals surface area contributed by atoms with Crippen LogP contribution in [0.15, 0.2) is 0 Å². The van der Waals surface area contributed by atoms with Gasteiger partial charge in [-0.25, -0.2) is 4.68 Å². The van der Waals surface area contributed by atoms with E-state index in [1.807, 2.05) is 6.92 Å². The molecule has 0 aliphatic carbocycles. The van der Waals surface area contributed by atoms with E-state index in [0.29, 0.717) is 19.6 Å². The fourth-order valence-electron chi connectivity index (χ4n) is 1.64. The van der Waals surface area contributed by atoms with Gasteiger partial charge in [0.25, 0.3) is 0 Å². The van der Waals surface area contributed by atoms with Gasteiger partial charge in [0, 0.05) is 20.1 Å². The van der Waals surface area contributed by atoms with E-state index in [0.717, 1.165) is 17.8 Å². The predicted molar refractivity (Wildman–Crippen MR) is 59.9 cm³/mol. The lowest BCUT2D eigenvalue weighted by molar-refractivity contribution is 0.190. The summed E-state index contributed by atoms with van der Waals surface area (Å²) in [5, 5.41) is 17.3. The molecule has 0 aromatic carbocycles. The van der Waals surface area contributed by atoms with Crippen molar-refractivity contribution in [1.29, 1.82) is 0 Å². The average molecular weight is 228 g/mol. The van der Waals surface area contributed by atoms with Gasteiger partial charge in [-0.2, -0.15) is 0 Å². The van der Waals surface area contributed by atoms with Crippen LogP contribution < -0.4 is 5.73 Å². The van der Waals surface area contributed by atoms with Gasteiger partial charge >= 0.3 is 0 Å². The van der Waals surface area contributed by atoms with Crippen LogP contribution in [-0.4, -0.2) is 40.4 Å². The Bertz CT molecular complexity index is 310. The molecule has 1 unspecified atom stereocenters. The molecule has 16 heavy (non-hydrogen) atoms. The van der Waals surface area contributed by atoms with E-state index in [2.05, 4.69) is 10.3 Å². The summed E-state index contributed by atoms with van der Waals surface area (Å²) >= 11 is 0. The van der Waals surface area contributed by atoms with Crippen molar-refractivity contribution in [3.05, 3.63) is 11.4 Å². The largest absolute Gasteiger partial charge is 0.394 e. The summed E-state index contributed by atoms with van der Waals surface area (Å²) in [6.07, 6.45) is 1.52. The third-order valence-corrected chi connectivity index (χ3v) is 2.64. The van der Waals surface area contributed by atoms with Gasteiger partial charge < -0.3 is 15.6 Å². The third-order valence-electron chi connectivity index (χ3n) is 2.64. The van der Waals surface area contributed by atoms with E-state index in [4.69, 9.17) is 10.5 Å². The molecule has 0 spiro atoms. The van der Waals surface area contributed by atoms with E-state index in [1.54, 1.807) is 11.8 Å². The summed E-state index contributed by atoms with van der Waals surface area (Å²) in [6.45, 7) is 3.03. The lowest BCUT2D eigenvalue weighted by atomic mass is 10.2. The number of hydrogen-bond donors (Lipinski definition) is 2.